The maximum Gasteiger partial charge on any atom is 0.224 e. The Labute approximate surface area is 130 Å². The molecule has 0 heterocycles. The third-order valence-corrected chi connectivity index (χ3v) is 4.18. The van der Waals surface area contributed by atoms with Crippen molar-refractivity contribution in [1.82, 2.24) is 5.32 Å². The SMILES string of the molecule is CC(C)(CNC(=O)Cc1cccc2ccccc12)C(N)=S. The number of benzene rings is 2. The van der Waals surface area contributed by atoms with Gasteiger partial charge in [0.25, 0.3) is 0 Å². The first kappa shape index (κ1) is 15.4. The molecule has 0 aliphatic carbocycles. The predicted octanol–water partition coefficient (Wildman–Crippen LogP) is 2.81. The normalized spacial score (nSPS) is 11.3. The molecule has 0 unspecified atom stereocenters. The van der Waals surface area contributed by atoms with Gasteiger partial charge in [0, 0.05) is 12.0 Å². The van der Waals surface area contributed by atoms with E-state index in [4.69, 9.17) is 18.0 Å². The average Bonchev–Trinajstić information content (AvgIpc) is 2.45. The van der Waals surface area contributed by atoms with Crippen LogP contribution in [0.25, 0.3) is 10.8 Å². The van der Waals surface area contributed by atoms with E-state index < -0.39 is 0 Å². The molecule has 2 aromatic carbocycles. The number of fused-ring (bicyclic) bond motifs is 1. The molecule has 4 heteroatoms. The second-order valence-corrected chi connectivity index (χ2v) is 6.28. The van der Waals surface area contributed by atoms with Crippen molar-refractivity contribution >= 4 is 33.9 Å². The summed E-state index contributed by atoms with van der Waals surface area (Å²) in [5.41, 5.74) is 6.32. The number of carbonyl (C=O) groups is 1. The quantitative estimate of drug-likeness (QED) is 0.835. The molecular formula is C17H20N2OS. The minimum Gasteiger partial charge on any atom is -0.393 e. The van der Waals surface area contributed by atoms with Crippen molar-refractivity contribution in [3.05, 3.63) is 48.0 Å². The van der Waals surface area contributed by atoms with Gasteiger partial charge in [0.2, 0.25) is 5.91 Å². The van der Waals surface area contributed by atoms with Crippen LogP contribution in [0.3, 0.4) is 0 Å². The number of carbonyl (C=O) groups excluding carboxylic acids is 1. The fourth-order valence-corrected chi connectivity index (χ4v) is 2.16. The van der Waals surface area contributed by atoms with Crippen LogP contribution >= 0.6 is 12.2 Å². The Hall–Kier alpha value is -1.94. The second kappa shape index (κ2) is 6.22. The molecule has 0 radical (unpaired) electrons. The lowest BCUT2D eigenvalue weighted by atomic mass is 9.93. The summed E-state index contributed by atoms with van der Waals surface area (Å²) in [5.74, 6) is -0.0179. The molecule has 0 bridgehead atoms. The molecular weight excluding hydrogens is 280 g/mol. The van der Waals surface area contributed by atoms with Gasteiger partial charge in [-0.15, -0.1) is 0 Å². The molecule has 0 saturated carbocycles. The lowest BCUT2D eigenvalue weighted by molar-refractivity contribution is -0.120. The minimum atomic E-state index is -0.371. The van der Waals surface area contributed by atoms with Crippen LogP contribution in [0.5, 0.6) is 0 Å². The van der Waals surface area contributed by atoms with Crippen LogP contribution in [0.2, 0.25) is 0 Å². The lowest BCUT2D eigenvalue weighted by Crippen LogP contribution is -2.41. The first-order valence-electron chi connectivity index (χ1n) is 6.93. The zero-order chi connectivity index (χ0) is 15.5. The average molecular weight is 300 g/mol. The molecule has 0 fully saturated rings. The summed E-state index contributed by atoms with van der Waals surface area (Å²) in [5, 5.41) is 5.17. The molecule has 0 aliphatic rings. The Bertz CT molecular complexity index is 674. The summed E-state index contributed by atoms with van der Waals surface area (Å²) in [6, 6.07) is 14.1. The topological polar surface area (TPSA) is 55.1 Å². The molecule has 3 N–H and O–H groups in total. The molecule has 110 valence electrons. The van der Waals surface area contributed by atoms with Crippen molar-refractivity contribution in [2.45, 2.75) is 20.3 Å². The standard InChI is InChI=1S/C17H20N2OS/c1-17(2,16(18)21)11-19-15(20)10-13-8-5-7-12-6-3-4-9-14(12)13/h3-9H,10-11H2,1-2H3,(H2,18,21)(H,19,20). The van der Waals surface area contributed by atoms with Gasteiger partial charge >= 0.3 is 0 Å². The summed E-state index contributed by atoms with van der Waals surface area (Å²) < 4.78 is 0. The van der Waals surface area contributed by atoms with Gasteiger partial charge in [-0.3, -0.25) is 4.79 Å². The van der Waals surface area contributed by atoms with E-state index in [9.17, 15) is 4.79 Å². The highest BCUT2D eigenvalue weighted by Gasteiger charge is 2.22. The van der Waals surface area contributed by atoms with Crippen LogP contribution in [0, 0.1) is 5.41 Å². The smallest absolute Gasteiger partial charge is 0.224 e. The second-order valence-electron chi connectivity index (χ2n) is 5.84. The minimum absolute atomic E-state index is 0.0179. The van der Waals surface area contributed by atoms with E-state index >= 15 is 0 Å². The highest BCUT2D eigenvalue weighted by atomic mass is 32.1. The highest BCUT2D eigenvalue weighted by molar-refractivity contribution is 7.80. The molecule has 0 aliphatic heterocycles. The number of rotatable bonds is 5. The van der Waals surface area contributed by atoms with Gasteiger partial charge in [-0.05, 0) is 16.3 Å². The summed E-state index contributed by atoms with van der Waals surface area (Å²) in [6.45, 7) is 4.30. The Balaban J connectivity index is 2.07. The zero-order valence-corrected chi connectivity index (χ0v) is 13.2. The molecule has 2 aromatic rings. The first-order chi connectivity index (χ1) is 9.90. The van der Waals surface area contributed by atoms with E-state index in [1.807, 2.05) is 56.3 Å². The summed E-state index contributed by atoms with van der Waals surface area (Å²) in [4.78, 5) is 12.5. The van der Waals surface area contributed by atoms with E-state index in [-0.39, 0.29) is 11.3 Å². The molecule has 0 aromatic heterocycles. The molecule has 3 nitrogen and oxygen atoms in total. The van der Waals surface area contributed by atoms with Gasteiger partial charge in [0.15, 0.2) is 0 Å². The van der Waals surface area contributed by atoms with Crippen molar-refractivity contribution in [2.24, 2.45) is 11.1 Å². The van der Waals surface area contributed by atoms with Crippen molar-refractivity contribution in [3.63, 3.8) is 0 Å². The van der Waals surface area contributed by atoms with E-state index in [1.54, 1.807) is 0 Å². The molecule has 0 saturated heterocycles. The fraction of sp³-hybridized carbons (Fsp3) is 0.294. The maximum atomic E-state index is 12.1. The van der Waals surface area contributed by atoms with Gasteiger partial charge in [0.05, 0.1) is 11.4 Å². The van der Waals surface area contributed by atoms with Crippen LogP contribution in [-0.4, -0.2) is 17.4 Å². The third-order valence-electron chi connectivity index (χ3n) is 3.63. The van der Waals surface area contributed by atoms with Crippen molar-refractivity contribution in [3.8, 4) is 0 Å². The number of hydrogen-bond acceptors (Lipinski definition) is 2. The van der Waals surface area contributed by atoms with Gasteiger partial charge < -0.3 is 11.1 Å². The number of thiocarbonyl (C=S) groups is 1. The fourth-order valence-electron chi connectivity index (χ4n) is 2.09. The van der Waals surface area contributed by atoms with Crippen LogP contribution < -0.4 is 11.1 Å². The van der Waals surface area contributed by atoms with E-state index in [2.05, 4.69) is 5.32 Å². The third kappa shape index (κ3) is 3.79. The molecule has 0 spiro atoms. The summed E-state index contributed by atoms with van der Waals surface area (Å²) >= 11 is 5.00. The van der Waals surface area contributed by atoms with E-state index in [1.165, 1.54) is 0 Å². The molecule has 0 atom stereocenters. The number of nitrogens with two attached hydrogens (primary N) is 1. The Morgan fingerprint density at radius 3 is 2.57 bits per heavy atom. The van der Waals surface area contributed by atoms with Crippen LogP contribution in [0.4, 0.5) is 0 Å². The van der Waals surface area contributed by atoms with Gasteiger partial charge in [-0.2, -0.15) is 0 Å². The summed E-state index contributed by atoms with van der Waals surface area (Å²) in [7, 11) is 0. The van der Waals surface area contributed by atoms with Gasteiger partial charge in [-0.25, -0.2) is 0 Å². The maximum absolute atomic E-state index is 12.1. The number of hydrogen-bond donors (Lipinski definition) is 2. The first-order valence-corrected chi connectivity index (χ1v) is 7.34. The van der Waals surface area contributed by atoms with Gasteiger partial charge in [-0.1, -0.05) is 68.5 Å². The largest absolute Gasteiger partial charge is 0.393 e. The Morgan fingerprint density at radius 1 is 1.19 bits per heavy atom. The predicted molar refractivity (Wildman–Crippen MR) is 91.2 cm³/mol. The number of amides is 1. The van der Waals surface area contributed by atoms with Crippen molar-refractivity contribution < 1.29 is 4.79 Å². The zero-order valence-electron chi connectivity index (χ0n) is 12.3. The molecule has 2 rings (SSSR count). The van der Waals surface area contributed by atoms with E-state index in [0.29, 0.717) is 18.0 Å². The Morgan fingerprint density at radius 2 is 1.86 bits per heavy atom. The summed E-state index contributed by atoms with van der Waals surface area (Å²) in [6.07, 6.45) is 0.356. The van der Waals surface area contributed by atoms with Crippen LogP contribution in [0.15, 0.2) is 42.5 Å². The Kier molecular flexibility index (Phi) is 4.58. The van der Waals surface area contributed by atoms with E-state index in [0.717, 1.165) is 16.3 Å². The van der Waals surface area contributed by atoms with Crippen molar-refractivity contribution in [1.29, 1.82) is 0 Å². The number of nitrogens with one attached hydrogen (secondary N) is 1. The monoisotopic (exact) mass is 300 g/mol. The van der Waals surface area contributed by atoms with Gasteiger partial charge in [0.1, 0.15) is 0 Å². The van der Waals surface area contributed by atoms with Crippen LogP contribution in [-0.2, 0) is 11.2 Å². The molecule has 21 heavy (non-hydrogen) atoms. The molecule has 1 amide bonds. The lowest BCUT2D eigenvalue weighted by Gasteiger charge is -2.23. The van der Waals surface area contributed by atoms with Crippen LogP contribution in [0.1, 0.15) is 19.4 Å². The highest BCUT2D eigenvalue weighted by Crippen LogP contribution is 2.19. The van der Waals surface area contributed by atoms with Crippen molar-refractivity contribution in [2.75, 3.05) is 6.54 Å².